The van der Waals surface area contributed by atoms with Crippen molar-refractivity contribution in [2.75, 3.05) is 0 Å². The predicted molar refractivity (Wildman–Crippen MR) is 73.6 cm³/mol. The quantitative estimate of drug-likeness (QED) is 0.732. The molecule has 0 fully saturated rings. The topological polar surface area (TPSA) is 77.5 Å². The van der Waals surface area contributed by atoms with E-state index in [0.717, 1.165) is 0 Å². The molecule has 5 heteroatoms. The number of imidazole rings is 1. The fourth-order valence-corrected chi connectivity index (χ4v) is 1.98. The van der Waals surface area contributed by atoms with E-state index in [1.165, 1.54) is 0 Å². The van der Waals surface area contributed by atoms with Gasteiger partial charge in [0.05, 0.1) is 5.56 Å². The fourth-order valence-electron chi connectivity index (χ4n) is 1.98. The maximum atomic E-state index is 12.3. The highest BCUT2D eigenvalue weighted by Gasteiger charge is 2.13. The maximum absolute atomic E-state index is 12.3. The number of nitrogens with two attached hydrogens (primary N) is 1. The monoisotopic (exact) mass is 265 g/mol. The second-order valence-electron chi connectivity index (χ2n) is 4.37. The Balaban J connectivity index is 2.05. The lowest BCUT2D eigenvalue weighted by atomic mass is 10.1. The first-order valence-corrected chi connectivity index (χ1v) is 6.03. The molecule has 2 N–H and O–H groups in total. The molecule has 2 aromatic heterocycles. The molecule has 20 heavy (non-hydrogen) atoms. The number of pyridine rings is 1. The van der Waals surface area contributed by atoms with Crippen LogP contribution >= 0.6 is 0 Å². The van der Waals surface area contributed by atoms with Gasteiger partial charge in [-0.15, -0.1) is 0 Å². The molecule has 0 aliphatic carbocycles. The zero-order valence-corrected chi connectivity index (χ0v) is 10.5. The van der Waals surface area contributed by atoms with Crippen LogP contribution in [-0.2, 0) is 0 Å². The molecule has 3 aromatic rings. The zero-order valence-electron chi connectivity index (χ0n) is 10.5. The lowest BCUT2D eigenvalue weighted by Gasteiger charge is -1.96. The molecule has 5 nitrogen and oxygen atoms in total. The van der Waals surface area contributed by atoms with E-state index in [9.17, 15) is 9.59 Å². The molecule has 0 atom stereocenters. The number of fused-ring (bicyclic) bond motifs is 1. The summed E-state index contributed by atoms with van der Waals surface area (Å²) >= 11 is 0. The average molecular weight is 265 g/mol. The summed E-state index contributed by atoms with van der Waals surface area (Å²) in [5, 5.41) is 0. The number of carbonyl (C=O) groups is 2. The summed E-state index contributed by atoms with van der Waals surface area (Å²) in [4.78, 5) is 27.6. The number of rotatable bonds is 3. The van der Waals surface area contributed by atoms with Crippen LogP contribution in [0.2, 0.25) is 0 Å². The van der Waals surface area contributed by atoms with Gasteiger partial charge in [0.1, 0.15) is 11.3 Å². The molecule has 1 amide bonds. The Kier molecular flexibility index (Phi) is 2.80. The molecule has 3 rings (SSSR count). The van der Waals surface area contributed by atoms with Gasteiger partial charge in [-0.1, -0.05) is 30.3 Å². The van der Waals surface area contributed by atoms with E-state index in [2.05, 4.69) is 4.98 Å². The number of aromatic nitrogens is 2. The van der Waals surface area contributed by atoms with Gasteiger partial charge in [0.15, 0.2) is 0 Å². The molecule has 2 heterocycles. The fraction of sp³-hybridized carbons (Fsp3) is 0. The van der Waals surface area contributed by atoms with E-state index in [4.69, 9.17) is 5.73 Å². The predicted octanol–water partition coefficient (Wildman–Crippen LogP) is 1.66. The molecule has 0 bridgehead atoms. The van der Waals surface area contributed by atoms with Crippen LogP contribution in [0.5, 0.6) is 0 Å². The Morgan fingerprint density at radius 1 is 0.950 bits per heavy atom. The van der Waals surface area contributed by atoms with E-state index in [0.29, 0.717) is 22.5 Å². The number of benzene rings is 1. The van der Waals surface area contributed by atoms with Crippen molar-refractivity contribution in [2.45, 2.75) is 0 Å². The number of ketones is 1. The van der Waals surface area contributed by atoms with Gasteiger partial charge in [-0.2, -0.15) is 0 Å². The summed E-state index contributed by atoms with van der Waals surface area (Å²) < 4.78 is 1.62. The summed E-state index contributed by atoms with van der Waals surface area (Å²) in [6, 6.07) is 12.2. The molecule has 0 saturated carbocycles. The van der Waals surface area contributed by atoms with Gasteiger partial charge in [0.2, 0.25) is 11.7 Å². The third-order valence-electron chi connectivity index (χ3n) is 3.00. The molecule has 0 saturated heterocycles. The summed E-state index contributed by atoms with van der Waals surface area (Å²) in [5.74, 6) is -0.675. The normalized spacial score (nSPS) is 10.6. The van der Waals surface area contributed by atoms with Crippen molar-refractivity contribution in [3.63, 3.8) is 0 Å². The van der Waals surface area contributed by atoms with Crippen LogP contribution in [-0.4, -0.2) is 21.1 Å². The Morgan fingerprint density at radius 3 is 2.40 bits per heavy atom. The Labute approximate surface area is 114 Å². The molecule has 0 unspecified atom stereocenters. The van der Waals surface area contributed by atoms with E-state index in [1.54, 1.807) is 53.2 Å². The number of hydrogen-bond donors (Lipinski definition) is 1. The minimum absolute atomic E-state index is 0.157. The van der Waals surface area contributed by atoms with Crippen LogP contribution in [0.15, 0.2) is 54.9 Å². The van der Waals surface area contributed by atoms with Crippen molar-refractivity contribution in [3.05, 3.63) is 71.7 Å². The van der Waals surface area contributed by atoms with Gasteiger partial charge in [0.25, 0.3) is 0 Å². The SMILES string of the molecule is NC(=O)c1ccc2nc(C(=O)c3ccccc3)cn2c1. The van der Waals surface area contributed by atoms with Gasteiger partial charge in [-0.05, 0) is 12.1 Å². The molecule has 0 radical (unpaired) electrons. The van der Waals surface area contributed by atoms with Crippen molar-refractivity contribution in [1.29, 1.82) is 0 Å². The maximum Gasteiger partial charge on any atom is 0.250 e. The third-order valence-corrected chi connectivity index (χ3v) is 3.00. The smallest absolute Gasteiger partial charge is 0.250 e. The summed E-state index contributed by atoms with van der Waals surface area (Å²) in [5.41, 5.74) is 7.09. The number of hydrogen-bond acceptors (Lipinski definition) is 3. The summed E-state index contributed by atoms with van der Waals surface area (Å²) in [7, 11) is 0. The molecule has 0 spiro atoms. The van der Waals surface area contributed by atoms with Crippen molar-refractivity contribution < 1.29 is 9.59 Å². The number of amides is 1. The standard InChI is InChI=1S/C15H11N3O2/c16-15(20)11-6-7-13-17-12(9-18(13)8-11)14(19)10-4-2-1-3-5-10/h1-9H,(H2,16,20). The van der Waals surface area contributed by atoms with Crippen LogP contribution in [0.3, 0.4) is 0 Å². The van der Waals surface area contributed by atoms with Crippen LogP contribution in [0.25, 0.3) is 5.65 Å². The van der Waals surface area contributed by atoms with E-state index < -0.39 is 5.91 Å². The van der Waals surface area contributed by atoms with Crippen LogP contribution in [0.4, 0.5) is 0 Å². The number of nitrogens with zero attached hydrogens (tertiary/aromatic N) is 2. The van der Waals surface area contributed by atoms with E-state index >= 15 is 0 Å². The number of carbonyl (C=O) groups excluding carboxylic acids is 2. The molecule has 98 valence electrons. The molecular formula is C15H11N3O2. The molecular weight excluding hydrogens is 254 g/mol. The first-order chi connectivity index (χ1) is 9.65. The van der Waals surface area contributed by atoms with Crippen LogP contribution < -0.4 is 5.73 Å². The Bertz CT molecular complexity index is 806. The highest BCUT2D eigenvalue weighted by atomic mass is 16.1. The van der Waals surface area contributed by atoms with Gasteiger partial charge >= 0.3 is 0 Å². The van der Waals surface area contributed by atoms with Gasteiger partial charge < -0.3 is 10.1 Å². The van der Waals surface area contributed by atoms with Crippen LogP contribution in [0, 0.1) is 0 Å². The Morgan fingerprint density at radius 2 is 1.70 bits per heavy atom. The minimum atomic E-state index is -0.517. The van der Waals surface area contributed by atoms with E-state index in [1.807, 2.05) is 6.07 Å². The van der Waals surface area contributed by atoms with Crippen molar-refractivity contribution >= 4 is 17.3 Å². The van der Waals surface area contributed by atoms with Crippen LogP contribution in [0.1, 0.15) is 26.4 Å². The third kappa shape index (κ3) is 2.05. The van der Waals surface area contributed by atoms with Crippen molar-refractivity contribution in [3.8, 4) is 0 Å². The second kappa shape index (κ2) is 4.62. The lowest BCUT2D eigenvalue weighted by Crippen LogP contribution is -2.11. The van der Waals surface area contributed by atoms with Crippen molar-refractivity contribution in [1.82, 2.24) is 9.38 Å². The lowest BCUT2D eigenvalue weighted by molar-refractivity contribution is 0.0998. The van der Waals surface area contributed by atoms with Gasteiger partial charge in [-0.3, -0.25) is 9.59 Å². The largest absolute Gasteiger partial charge is 0.366 e. The molecule has 1 aromatic carbocycles. The zero-order chi connectivity index (χ0) is 14.1. The minimum Gasteiger partial charge on any atom is -0.366 e. The highest BCUT2D eigenvalue weighted by molar-refractivity contribution is 6.08. The van der Waals surface area contributed by atoms with Crippen molar-refractivity contribution in [2.24, 2.45) is 5.73 Å². The summed E-state index contributed by atoms with van der Waals surface area (Å²) in [6.07, 6.45) is 3.16. The number of primary amides is 1. The van der Waals surface area contributed by atoms with Gasteiger partial charge in [-0.25, -0.2) is 4.98 Å². The Hall–Kier alpha value is -2.95. The first kappa shape index (κ1) is 12.1. The molecule has 0 aliphatic rings. The van der Waals surface area contributed by atoms with Gasteiger partial charge in [0, 0.05) is 18.0 Å². The average Bonchev–Trinajstić information content (AvgIpc) is 2.90. The first-order valence-electron chi connectivity index (χ1n) is 6.03. The second-order valence-corrected chi connectivity index (χ2v) is 4.37. The van der Waals surface area contributed by atoms with E-state index in [-0.39, 0.29) is 5.78 Å². The summed E-state index contributed by atoms with van der Waals surface area (Å²) in [6.45, 7) is 0. The highest BCUT2D eigenvalue weighted by Crippen LogP contribution is 2.12. The molecule has 0 aliphatic heterocycles.